The molecule has 1 saturated carbocycles. The van der Waals surface area contributed by atoms with Gasteiger partial charge in [0.2, 0.25) is 10.0 Å². The van der Waals surface area contributed by atoms with E-state index in [9.17, 15) is 13.2 Å². The first-order valence-corrected chi connectivity index (χ1v) is 13.3. The Hall–Kier alpha value is -2.46. The molecule has 1 aromatic heterocycles. The number of aryl methyl sites for hydroxylation is 1. The van der Waals surface area contributed by atoms with Gasteiger partial charge in [0.25, 0.3) is 5.91 Å². The lowest BCUT2D eigenvalue weighted by molar-refractivity contribution is -0.118. The van der Waals surface area contributed by atoms with Crippen LogP contribution >= 0.6 is 22.9 Å². The van der Waals surface area contributed by atoms with Crippen LogP contribution in [0.15, 0.2) is 52.7 Å². The van der Waals surface area contributed by atoms with Gasteiger partial charge in [-0.15, -0.1) is 11.3 Å². The zero-order valence-corrected chi connectivity index (χ0v) is 20.4. The smallest absolute Gasteiger partial charge is 0.262 e. The monoisotopic (exact) mass is 505 g/mol. The highest BCUT2D eigenvalue weighted by Gasteiger charge is 2.23. The van der Waals surface area contributed by atoms with Crippen molar-refractivity contribution in [2.45, 2.75) is 43.5 Å². The molecule has 1 amide bonds. The third-order valence-electron chi connectivity index (χ3n) is 5.31. The Labute approximate surface area is 202 Å². The van der Waals surface area contributed by atoms with Gasteiger partial charge < -0.3 is 10.1 Å². The molecule has 7 nitrogen and oxygen atoms in total. The van der Waals surface area contributed by atoms with E-state index in [0.717, 1.165) is 41.9 Å². The van der Waals surface area contributed by atoms with E-state index in [2.05, 4.69) is 15.0 Å². The summed E-state index contributed by atoms with van der Waals surface area (Å²) in [5, 5.41) is 5.85. The van der Waals surface area contributed by atoms with Gasteiger partial charge in [0.1, 0.15) is 5.75 Å². The van der Waals surface area contributed by atoms with Crippen molar-refractivity contribution in [1.82, 2.24) is 9.71 Å². The number of halogens is 1. The van der Waals surface area contributed by atoms with Gasteiger partial charge in [0.15, 0.2) is 6.61 Å². The number of ether oxygens (including phenoxy) is 1. The third-order valence-corrected chi connectivity index (χ3v) is 7.90. The minimum absolute atomic E-state index is 0.0357. The fourth-order valence-electron chi connectivity index (χ4n) is 3.69. The zero-order valence-electron chi connectivity index (χ0n) is 18.0. The first-order valence-electron chi connectivity index (χ1n) is 10.6. The fourth-order valence-corrected chi connectivity index (χ4v) is 5.94. The second-order valence-corrected chi connectivity index (χ2v) is 11.0. The number of amides is 1. The zero-order chi connectivity index (χ0) is 23.4. The largest absolute Gasteiger partial charge is 0.482 e. The molecule has 2 aromatic carbocycles. The average molecular weight is 506 g/mol. The van der Waals surface area contributed by atoms with Crippen molar-refractivity contribution in [3.05, 3.63) is 57.9 Å². The molecule has 174 valence electrons. The SMILES string of the molecule is Cc1nc(-c2cccc(NC(=O)COc3ccc(S(=O)(=O)NC4CCCC4)cc3Cl)c2)cs1. The standard InChI is InChI=1S/C23H24ClN3O4S2/c1-15-25-21(14-32-15)16-5-4-8-18(11-16)26-23(28)13-31-22-10-9-19(12-20(22)24)33(29,30)27-17-6-2-3-7-17/h4-5,8-12,14,17,27H,2-3,6-7,13H2,1H3,(H,26,28). The van der Waals surface area contributed by atoms with Gasteiger partial charge in [0, 0.05) is 22.7 Å². The van der Waals surface area contributed by atoms with Crippen molar-refractivity contribution in [2.24, 2.45) is 0 Å². The summed E-state index contributed by atoms with van der Waals surface area (Å²) < 4.78 is 33.4. The van der Waals surface area contributed by atoms with Gasteiger partial charge in [-0.3, -0.25) is 4.79 Å². The molecule has 3 aromatic rings. The lowest BCUT2D eigenvalue weighted by atomic mass is 10.1. The highest BCUT2D eigenvalue weighted by atomic mass is 35.5. The Morgan fingerprint density at radius 1 is 1.21 bits per heavy atom. The molecule has 33 heavy (non-hydrogen) atoms. The van der Waals surface area contributed by atoms with E-state index in [1.54, 1.807) is 17.4 Å². The number of nitrogens with zero attached hydrogens (tertiary/aromatic N) is 1. The number of aromatic nitrogens is 1. The molecular weight excluding hydrogens is 482 g/mol. The molecule has 0 radical (unpaired) electrons. The average Bonchev–Trinajstić information content (AvgIpc) is 3.44. The van der Waals surface area contributed by atoms with Crippen LogP contribution < -0.4 is 14.8 Å². The predicted octanol–water partition coefficient (Wildman–Crippen LogP) is 5.01. The van der Waals surface area contributed by atoms with Crippen LogP contribution in [-0.2, 0) is 14.8 Å². The van der Waals surface area contributed by atoms with Gasteiger partial charge in [0.05, 0.1) is 20.6 Å². The highest BCUT2D eigenvalue weighted by Crippen LogP contribution is 2.29. The molecule has 0 unspecified atom stereocenters. The second-order valence-electron chi connectivity index (χ2n) is 7.86. The molecule has 0 spiro atoms. The molecule has 0 saturated heterocycles. The molecule has 1 fully saturated rings. The maximum Gasteiger partial charge on any atom is 0.262 e. The number of anilines is 1. The molecular formula is C23H24ClN3O4S2. The van der Waals surface area contributed by atoms with Crippen molar-refractivity contribution in [3.8, 4) is 17.0 Å². The topological polar surface area (TPSA) is 97.4 Å². The van der Waals surface area contributed by atoms with E-state index < -0.39 is 10.0 Å². The van der Waals surface area contributed by atoms with Crippen LogP contribution in [0.25, 0.3) is 11.3 Å². The van der Waals surface area contributed by atoms with Crippen molar-refractivity contribution < 1.29 is 17.9 Å². The molecule has 0 atom stereocenters. The Balaban J connectivity index is 1.35. The second kappa shape index (κ2) is 10.2. The quantitative estimate of drug-likeness (QED) is 0.448. The number of rotatable bonds is 8. The maximum absolute atomic E-state index is 12.6. The van der Waals surface area contributed by atoms with Crippen LogP contribution in [-0.4, -0.2) is 32.0 Å². The number of sulfonamides is 1. The molecule has 1 aliphatic carbocycles. The van der Waals surface area contributed by atoms with E-state index >= 15 is 0 Å². The van der Waals surface area contributed by atoms with E-state index in [0.29, 0.717) is 5.69 Å². The summed E-state index contributed by atoms with van der Waals surface area (Å²) in [6.07, 6.45) is 3.74. The van der Waals surface area contributed by atoms with E-state index in [1.165, 1.54) is 18.2 Å². The molecule has 0 aliphatic heterocycles. The summed E-state index contributed by atoms with van der Waals surface area (Å²) in [6.45, 7) is 1.67. The third kappa shape index (κ3) is 6.11. The fraction of sp³-hybridized carbons (Fsp3) is 0.304. The van der Waals surface area contributed by atoms with Gasteiger partial charge in [-0.2, -0.15) is 0 Å². The number of carbonyl (C=O) groups excluding carboxylic acids is 1. The van der Waals surface area contributed by atoms with E-state index in [1.807, 2.05) is 30.5 Å². The number of nitrogens with one attached hydrogen (secondary N) is 2. The Morgan fingerprint density at radius 2 is 2.00 bits per heavy atom. The van der Waals surface area contributed by atoms with Crippen molar-refractivity contribution in [3.63, 3.8) is 0 Å². The number of benzene rings is 2. The normalized spacial score (nSPS) is 14.4. The first kappa shape index (κ1) is 23.7. The summed E-state index contributed by atoms with van der Waals surface area (Å²) in [5.41, 5.74) is 2.38. The number of hydrogen-bond acceptors (Lipinski definition) is 6. The lowest BCUT2D eigenvalue weighted by Gasteiger charge is -2.14. The Kier molecular flexibility index (Phi) is 7.33. The number of thiazole rings is 1. The minimum Gasteiger partial charge on any atom is -0.482 e. The van der Waals surface area contributed by atoms with E-state index in [4.69, 9.17) is 16.3 Å². The molecule has 0 bridgehead atoms. The van der Waals surface area contributed by atoms with Crippen LogP contribution in [0.5, 0.6) is 5.75 Å². The van der Waals surface area contributed by atoms with Crippen molar-refractivity contribution >= 4 is 44.6 Å². The summed E-state index contributed by atoms with van der Waals surface area (Å²) in [6, 6.07) is 11.6. The molecule has 4 rings (SSSR count). The van der Waals surface area contributed by atoms with E-state index in [-0.39, 0.29) is 34.2 Å². The van der Waals surface area contributed by atoms with Gasteiger partial charge in [-0.05, 0) is 50.1 Å². The van der Waals surface area contributed by atoms with Gasteiger partial charge in [-0.25, -0.2) is 18.1 Å². The molecule has 1 aliphatic rings. The summed E-state index contributed by atoms with van der Waals surface area (Å²) >= 11 is 7.79. The predicted molar refractivity (Wildman–Crippen MR) is 130 cm³/mol. The van der Waals surface area contributed by atoms with Crippen molar-refractivity contribution in [2.75, 3.05) is 11.9 Å². The molecule has 2 N–H and O–H groups in total. The Morgan fingerprint density at radius 3 is 2.70 bits per heavy atom. The van der Waals surface area contributed by atoms with Crippen LogP contribution in [0.4, 0.5) is 5.69 Å². The summed E-state index contributed by atoms with van der Waals surface area (Å²) in [7, 11) is -3.65. The van der Waals surface area contributed by atoms with Crippen LogP contribution in [0.1, 0.15) is 30.7 Å². The Bertz CT molecular complexity index is 1250. The van der Waals surface area contributed by atoms with Crippen LogP contribution in [0.2, 0.25) is 5.02 Å². The van der Waals surface area contributed by atoms with Gasteiger partial charge >= 0.3 is 0 Å². The minimum atomic E-state index is -3.65. The summed E-state index contributed by atoms with van der Waals surface area (Å²) in [4.78, 5) is 16.9. The maximum atomic E-state index is 12.6. The highest BCUT2D eigenvalue weighted by molar-refractivity contribution is 7.89. The van der Waals surface area contributed by atoms with Crippen molar-refractivity contribution in [1.29, 1.82) is 0 Å². The molecule has 10 heteroatoms. The first-order chi connectivity index (χ1) is 15.8. The van der Waals surface area contributed by atoms with Gasteiger partial charge in [-0.1, -0.05) is 36.6 Å². The van der Waals surface area contributed by atoms with Crippen LogP contribution in [0, 0.1) is 6.92 Å². The number of carbonyl (C=O) groups is 1. The van der Waals surface area contributed by atoms with Crippen LogP contribution in [0.3, 0.4) is 0 Å². The molecule has 1 heterocycles. The lowest BCUT2D eigenvalue weighted by Crippen LogP contribution is -2.32. The summed E-state index contributed by atoms with van der Waals surface area (Å²) in [5.74, 6) is -0.129. The number of hydrogen-bond donors (Lipinski definition) is 2.